The minimum Gasteiger partial charge on any atom is -0.477 e. The van der Waals surface area contributed by atoms with Crippen molar-refractivity contribution in [2.45, 2.75) is 38.5 Å². The average Bonchev–Trinajstić information content (AvgIpc) is 4.00. The SMILES string of the molecule is CN1C(C(=O)O)=CSC1=C(C#N)c1ccnc(NCCCN2CCCC2=O)n1.N#CC(=C1NC(C(=O)O)=CS1)c1ccnc(NCCCN2CCCC2=O)n1. The van der Waals surface area contributed by atoms with Crippen LogP contribution >= 0.6 is 23.5 Å². The molecule has 55 heavy (non-hydrogen) atoms. The van der Waals surface area contributed by atoms with Gasteiger partial charge in [-0.15, -0.1) is 0 Å². The first-order valence-corrected chi connectivity index (χ1v) is 19.1. The van der Waals surface area contributed by atoms with Crippen molar-refractivity contribution in [1.82, 2.24) is 40.0 Å². The topological polar surface area (TPSA) is 254 Å². The molecule has 0 saturated carbocycles. The van der Waals surface area contributed by atoms with Crippen LogP contribution < -0.4 is 16.0 Å². The first-order chi connectivity index (χ1) is 26.6. The summed E-state index contributed by atoms with van der Waals surface area (Å²) in [6.07, 6.45) is 7.76. The van der Waals surface area contributed by atoms with Gasteiger partial charge in [0.15, 0.2) is 0 Å². The van der Waals surface area contributed by atoms with Crippen LogP contribution in [0.2, 0.25) is 0 Å². The number of carbonyl (C=O) groups is 4. The van der Waals surface area contributed by atoms with E-state index in [1.807, 2.05) is 9.80 Å². The van der Waals surface area contributed by atoms with Crippen LogP contribution in [0.4, 0.5) is 11.9 Å². The van der Waals surface area contributed by atoms with E-state index in [1.165, 1.54) is 33.7 Å². The molecule has 286 valence electrons. The lowest BCUT2D eigenvalue weighted by Gasteiger charge is -2.16. The van der Waals surface area contributed by atoms with Gasteiger partial charge in [-0.25, -0.2) is 29.5 Å². The van der Waals surface area contributed by atoms with Gasteiger partial charge in [-0.2, -0.15) is 10.5 Å². The number of allylic oxidation sites excluding steroid dienone is 2. The number of anilines is 2. The van der Waals surface area contributed by atoms with Crippen LogP contribution in [0, 0.1) is 22.7 Å². The van der Waals surface area contributed by atoms with Gasteiger partial charge in [-0.3, -0.25) is 9.59 Å². The summed E-state index contributed by atoms with van der Waals surface area (Å²) in [5.74, 6) is -0.968. The maximum atomic E-state index is 11.6. The Balaban J connectivity index is 0.000000211. The molecule has 2 amide bonds. The summed E-state index contributed by atoms with van der Waals surface area (Å²) in [5, 5.41) is 50.1. The van der Waals surface area contributed by atoms with Gasteiger partial charge in [0.25, 0.3) is 0 Å². The largest absolute Gasteiger partial charge is 0.477 e. The van der Waals surface area contributed by atoms with Crippen LogP contribution in [0.25, 0.3) is 11.1 Å². The third-order valence-corrected chi connectivity index (χ3v) is 10.5. The van der Waals surface area contributed by atoms with Gasteiger partial charge in [0.2, 0.25) is 23.7 Å². The number of hydrogen-bond acceptors (Lipinski definition) is 16. The van der Waals surface area contributed by atoms with E-state index in [0.29, 0.717) is 72.4 Å². The summed E-state index contributed by atoms with van der Waals surface area (Å²) in [7, 11) is 1.60. The molecule has 6 heterocycles. The number of carboxylic acid groups (broad SMARTS) is 2. The summed E-state index contributed by atoms with van der Waals surface area (Å²) in [6, 6.07) is 7.39. The molecule has 0 spiro atoms. The fourth-order valence-corrected chi connectivity index (χ4v) is 7.59. The standard InChI is InChI=1S/C18H20N6O3S.C17H18N6O3S/c1-23-14(17(26)27)11-28-16(23)12(10-19)13-5-7-21-18(22-13)20-6-3-9-24-8-2-4-15(24)25;18-9-11(15-21-13(10-27-15)16(25)26)12-4-6-20-17(22-12)19-5-2-8-23-7-1-3-14(23)24/h5,7,11H,2-4,6,8-9H2,1H3,(H,26,27)(H,20,21,22);4,6,10,21H,1-3,5,7-8H2,(H,25,26)(H,19,20,22). The van der Waals surface area contributed by atoms with Crippen LogP contribution in [-0.4, -0.2) is 115 Å². The van der Waals surface area contributed by atoms with Crippen LogP contribution in [0.3, 0.4) is 0 Å². The Hall–Kier alpha value is -6.12. The third kappa shape index (κ3) is 10.5. The number of likely N-dealkylation sites (N-methyl/N-ethyl adjacent to an activating group) is 1. The van der Waals surface area contributed by atoms with Crippen molar-refractivity contribution in [1.29, 1.82) is 10.5 Å². The van der Waals surface area contributed by atoms with Gasteiger partial charge in [0.05, 0.1) is 21.4 Å². The fraction of sp³-hybridized carbons (Fsp3) is 0.371. The molecular weight excluding hydrogens is 749 g/mol. The van der Waals surface area contributed by atoms with Crippen LogP contribution in [0.1, 0.15) is 49.9 Å². The van der Waals surface area contributed by atoms with Gasteiger partial charge in [-0.05, 0) is 37.8 Å². The van der Waals surface area contributed by atoms with E-state index in [4.69, 9.17) is 5.11 Å². The first-order valence-electron chi connectivity index (χ1n) is 17.3. The van der Waals surface area contributed by atoms with Gasteiger partial charge in [0.1, 0.15) is 34.7 Å². The molecular formula is C35H38N12O6S2. The van der Waals surface area contributed by atoms with Crippen molar-refractivity contribution < 1.29 is 29.4 Å². The molecule has 2 fully saturated rings. The van der Waals surface area contributed by atoms with Crippen molar-refractivity contribution >= 4 is 70.3 Å². The van der Waals surface area contributed by atoms with Crippen molar-refractivity contribution in [3.05, 3.63) is 68.2 Å². The maximum absolute atomic E-state index is 11.6. The second-order valence-electron chi connectivity index (χ2n) is 12.2. The van der Waals surface area contributed by atoms with Gasteiger partial charge in [-0.1, -0.05) is 23.5 Å². The number of thioether (sulfide) groups is 2. The highest BCUT2D eigenvalue weighted by atomic mass is 32.2. The lowest BCUT2D eigenvalue weighted by Crippen LogP contribution is -2.27. The second-order valence-corrected chi connectivity index (χ2v) is 14.0. The Bertz CT molecular complexity index is 2040. The number of nitrogens with one attached hydrogen (secondary N) is 3. The minimum absolute atomic E-state index is 0.0200. The summed E-state index contributed by atoms with van der Waals surface area (Å²) >= 11 is 2.31. The molecule has 0 bridgehead atoms. The zero-order valence-corrected chi connectivity index (χ0v) is 31.5. The number of aromatic nitrogens is 4. The van der Waals surface area contributed by atoms with E-state index < -0.39 is 11.9 Å². The molecule has 2 aromatic rings. The molecule has 2 saturated heterocycles. The third-order valence-electron chi connectivity index (χ3n) is 8.55. The Labute approximate surface area is 325 Å². The molecule has 0 unspecified atom stereocenters. The zero-order chi connectivity index (χ0) is 39.3. The fourth-order valence-electron chi connectivity index (χ4n) is 5.75. The predicted molar refractivity (Wildman–Crippen MR) is 204 cm³/mol. The Morgan fingerprint density at radius 3 is 1.82 bits per heavy atom. The van der Waals surface area contributed by atoms with Crippen LogP contribution in [0.15, 0.2) is 56.8 Å². The number of rotatable bonds is 14. The van der Waals surface area contributed by atoms with E-state index in [1.54, 1.807) is 25.4 Å². The minimum atomic E-state index is -1.09. The first kappa shape index (κ1) is 40.1. The Kier molecular flexibility index (Phi) is 14.0. The van der Waals surface area contributed by atoms with E-state index in [-0.39, 0.29) is 34.4 Å². The van der Waals surface area contributed by atoms with Crippen molar-refractivity contribution in [3.63, 3.8) is 0 Å². The normalized spacial score (nSPS) is 18.1. The summed E-state index contributed by atoms with van der Waals surface area (Å²) < 4.78 is 0. The molecule has 2 aromatic heterocycles. The number of nitrogens with zero attached hydrogens (tertiary/aromatic N) is 9. The highest BCUT2D eigenvalue weighted by Crippen LogP contribution is 2.38. The van der Waals surface area contributed by atoms with Crippen LogP contribution in [-0.2, 0) is 19.2 Å². The van der Waals surface area contributed by atoms with Crippen LogP contribution in [0.5, 0.6) is 0 Å². The number of hydrogen-bond donors (Lipinski definition) is 5. The predicted octanol–water partition coefficient (Wildman–Crippen LogP) is 3.05. The Morgan fingerprint density at radius 2 is 1.38 bits per heavy atom. The number of likely N-dealkylation sites (tertiary alicyclic amines) is 2. The smallest absolute Gasteiger partial charge is 0.353 e. The molecule has 0 atom stereocenters. The molecule has 5 N–H and O–H groups in total. The lowest BCUT2D eigenvalue weighted by atomic mass is 10.2. The monoisotopic (exact) mass is 786 g/mol. The quantitative estimate of drug-likeness (QED) is 0.136. The number of amides is 2. The highest BCUT2D eigenvalue weighted by Gasteiger charge is 2.27. The summed E-state index contributed by atoms with van der Waals surface area (Å²) in [4.78, 5) is 67.6. The number of carboxylic acids is 2. The van der Waals surface area contributed by atoms with Crippen molar-refractivity contribution in [2.24, 2.45) is 0 Å². The number of carbonyl (C=O) groups excluding carboxylic acids is 2. The van der Waals surface area contributed by atoms with Crippen molar-refractivity contribution in [3.8, 4) is 12.1 Å². The molecule has 0 aromatic carbocycles. The van der Waals surface area contributed by atoms with Gasteiger partial charge >= 0.3 is 11.9 Å². The summed E-state index contributed by atoms with van der Waals surface area (Å²) in [6.45, 7) is 4.24. The molecule has 18 nitrogen and oxygen atoms in total. The lowest BCUT2D eigenvalue weighted by molar-refractivity contribution is -0.134. The van der Waals surface area contributed by atoms with E-state index >= 15 is 0 Å². The molecule has 4 aliphatic heterocycles. The molecule has 0 radical (unpaired) electrons. The van der Waals surface area contributed by atoms with Crippen molar-refractivity contribution in [2.75, 3.05) is 56.9 Å². The van der Waals surface area contributed by atoms with E-state index in [9.17, 15) is 34.8 Å². The number of nitriles is 2. The zero-order valence-electron chi connectivity index (χ0n) is 29.8. The van der Waals surface area contributed by atoms with Gasteiger partial charge < -0.3 is 40.9 Å². The summed E-state index contributed by atoms with van der Waals surface area (Å²) in [5.41, 5.74) is 1.49. The van der Waals surface area contributed by atoms with Gasteiger partial charge in [0, 0.05) is 82.4 Å². The number of aliphatic carboxylic acids is 2. The highest BCUT2D eigenvalue weighted by molar-refractivity contribution is 8.06. The maximum Gasteiger partial charge on any atom is 0.353 e. The molecule has 6 rings (SSSR count). The molecule has 20 heteroatoms. The molecule has 4 aliphatic rings. The Morgan fingerprint density at radius 1 is 0.836 bits per heavy atom. The van der Waals surface area contributed by atoms with E-state index in [0.717, 1.165) is 50.5 Å². The second kappa shape index (κ2) is 19.3. The van der Waals surface area contributed by atoms with E-state index in [2.05, 4.69) is 48.0 Å². The average molecular weight is 787 g/mol. The molecule has 0 aliphatic carbocycles.